The zero-order valence-electron chi connectivity index (χ0n) is 13.5. The van der Waals surface area contributed by atoms with E-state index in [1.54, 1.807) is 0 Å². The van der Waals surface area contributed by atoms with Gasteiger partial charge in [-0.05, 0) is 37.7 Å². The van der Waals surface area contributed by atoms with E-state index in [0.717, 1.165) is 45.0 Å². The standard InChI is InChI=1S/C17H28N2O2/c1-4-11-20-15-8-6-14(7-9-15)17(18-5-2)16-13-19(3)10-12-21-16/h6-9,16-18H,4-5,10-13H2,1-3H3. The SMILES string of the molecule is CCCOc1ccc(C(NCC)C2CN(C)CCO2)cc1. The van der Waals surface area contributed by atoms with Crippen LogP contribution < -0.4 is 10.1 Å². The van der Waals surface area contributed by atoms with Crippen LogP contribution in [0.15, 0.2) is 24.3 Å². The van der Waals surface area contributed by atoms with Crippen LogP contribution >= 0.6 is 0 Å². The number of hydrogen-bond donors (Lipinski definition) is 1. The zero-order valence-corrected chi connectivity index (χ0v) is 13.5. The van der Waals surface area contributed by atoms with Crippen LogP contribution in [-0.2, 0) is 4.74 Å². The second kappa shape index (κ2) is 8.37. The van der Waals surface area contributed by atoms with Gasteiger partial charge in [0.1, 0.15) is 5.75 Å². The van der Waals surface area contributed by atoms with Gasteiger partial charge in [-0.3, -0.25) is 0 Å². The van der Waals surface area contributed by atoms with Gasteiger partial charge in [-0.1, -0.05) is 26.0 Å². The molecule has 1 saturated heterocycles. The summed E-state index contributed by atoms with van der Waals surface area (Å²) in [6.45, 7) is 8.74. The number of nitrogens with zero attached hydrogens (tertiary/aromatic N) is 1. The maximum absolute atomic E-state index is 5.98. The molecule has 1 heterocycles. The maximum Gasteiger partial charge on any atom is 0.119 e. The highest BCUT2D eigenvalue weighted by Crippen LogP contribution is 2.24. The number of morpholine rings is 1. The number of rotatable bonds is 7. The Kier molecular flexibility index (Phi) is 6.49. The third kappa shape index (κ3) is 4.70. The van der Waals surface area contributed by atoms with Gasteiger partial charge in [0.05, 0.1) is 25.4 Å². The fraction of sp³-hybridized carbons (Fsp3) is 0.647. The molecule has 2 atom stereocenters. The van der Waals surface area contributed by atoms with E-state index in [2.05, 4.69) is 55.4 Å². The molecule has 0 spiro atoms. The average molecular weight is 292 g/mol. The molecular formula is C17H28N2O2. The molecule has 1 aliphatic heterocycles. The summed E-state index contributed by atoms with van der Waals surface area (Å²) in [5.74, 6) is 0.942. The fourth-order valence-corrected chi connectivity index (χ4v) is 2.69. The highest BCUT2D eigenvalue weighted by Gasteiger charge is 2.27. The van der Waals surface area contributed by atoms with Gasteiger partial charge < -0.3 is 19.7 Å². The second-order valence-corrected chi connectivity index (χ2v) is 5.62. The van der Waals surface area contributed by atoms with Crippen molar-refractivity contribution in [3.05, 3.63) is 29.8 Å². The van der Waals surface area contributed by atoms with E-state index < -0.39 is 0 Å². The van der Waals surface area contributed by atoms with Crippen LogP contribution in [0.25, 0.3) is 0 Å². The Morgan fingerprint density at radius 2 is 2.10 bits per heavy atom. The molecule has 1 aromatic rings. The van der Waals surface area contributed by atoms with E-state index in [4.69, 9.17) is 9.47 Å². The molecule has 0 bridgehead atoms. The van der Waals surface area contributed by atoms with Gasteiger partial charge in [-0.2, -0.15) is 0 Å². The van der Waals surface area contributed by atoms with Gasteiger partial charge in [0.15, 0.2) is 0 Å². The summed E-state index contributed by atoms with van der Waals surface area (Å²) in [5, 5.41) is 3.56. The highest BCUT2D eigenvalue weighted by molar-refractivity contribution is 5.30. The molecule has 0 saturated carbocycles. The summed E-state index contributed by atoms with van der Waals surface area (Å²) in [4.78, 5) is 2.33. The largest absolute Gasteiger partial charge is 0.494 e. The van der Waals surface area contributed by atoms with Gasteiger partial charge in [0, 0.05) is 13.1 Å². The van der Waals surface area contributed by atoms with Crippen LogP contribution in [-0.4, -0.2) is 50.9 Å². The van der Waals surface area contributed by atoms with Crippen LogP contribution in [0.5, 0.6) is 5.75 Å². The highest BCUT2D eigenvalue weighted by atomic mass is 16.5. The van der Waals surface area contributed by atoms with Gasteiger partial charge in [0.25, 0.3) is 0 Å². The number of ether oxygens (including phenoxy) is 2. The topological polar surface area (TPSA) is 33.7 Å². The number of hydrogen-bond acceptors (Lipinski definition) is 4. The van der Waals surface area contributed by atoms with E-state index >= 15 is 0 Å². The third-order valence-corrected chi connectivity index (χ3v) is 3.80. The Labute approximate surface area is 128 Å². The minimum atomic E-state index is 0.200. The van der Waals surface area contributed by atoms with Crippen molar-refractivity contribution in [1.29, 1.82) is 0 Å². The van der Waals surface area contributed by atoms with Crippen molar-refractivity contribution in [2.45, 2.75) is 32.4 Å². The van der Waals surface area contributed by atoms with Gasteiger partial charge >= 0.3 is 0 Å². The van der Waals surface area contributed by atoms with Crippen molar-refractivity contribution < 1.29 is 9.47 Å². The van der Waals surface area contributed by atoms with Crippen molar-refractivity contribution in [3.63, 3.8) is 0 Å². The smallest absolute Gasteiger partial charge is 0.119 e. The molecule has 0 amide bonds. The van der Waals surface area contributed by atoms with Gasteiger partial charge in [-0.15, -0.1) is 0 Å². The molecule has 1 aromatic carbocycles. The Morgan fingerprint density at radius 3 is 2.71 bits per heavy atom. The van der Waals surface area contributed by atoms with E-state index in [1.807, 2.05) is 0 Å². The molecular weight excluding hydrogens is 264 g/mol. The molecule has 0 radical (unpaired) electrons. The van der Waals surface area contributed by atoms with Crippen molar-refractivity contribution in [2.24, 2.45) is 0 Å². The van der Waals surface area contributed by atoms with E-state index in [-0.39, 0.29) is 12.1 Å². The van der Waals surface area contributed by atoms with Crippen molar-refractivity contribution in [1.82, 2.24) is 10.2 Å². The Hall–Kier alpha value is -1.10. The number of benzene rings is 1. The quantitative estimate of drug-likeness (QED) is 0.837. The molecule has 0 aliphatic carbocycles. The average Bonchev–Trinajstić information content (AvgIpc) is 2.51. The molecule has 1 N–H and O–H groups in total. The lowest BCUT2D eigenvalue weighted by Gasteiger charge is -2.35. The molecule has 0 aromatic heterocycles. The van der Waals surface area contributed by atoms with Crippen molar-refractivity contribution >= 4 is 0 Å². The monoisotopic (exact) mass is 292 g/mol. The van der Waals surface area contributed by atoms with Crippen molar-refractivity contribution in [2.75, 3.05) is 39.9 Å². The van der Waals surface area contributed by atoms with Crippen molar-refractivity contribution in [3.8, 4) is 5.75 Å². The maximum atomic E-state index is 5.98. The molecule has 1 aliphatic rings. The first-order valence-electron chi connectivity index (χ1n) is 8.00. The fourth-order valence-electron chi connectivity index (χ4n) is 2.69. The number of nitrogens with one attached hydrogen (secondary N) is 1. The van der Waals surface area contributed by atoms with Crippen LogP contribution in [0.3, 0.4) is 0 Å². The Balaban J connectivity index is 2.06. The molecule has 118 valence electrons. The minimum absolute atomic E-state index is 0.200. The zero-order chi connectivity index (χ0) is 15.1. The predicted molar refractivity (Wildman–Crippen MR) is 85.9 cm³/mol. The summed E-state index contributed by atoms with van der Waals surface area (Å²) in [7, 11) is 2.15. The first kappa shape index (κ1) is 16.3. The minimum Gasteiger partial charge on any atom is -0.494 e. The summed E-state index contributed by atoms with van der Waals surface area (Å²) in [6, 6.07) is 8.65. The summed E-state index contributed by atoms with van der Waals surface area (Å²) >= 11 is 0. The van der Waals surface area contributed by atoms with Crippen LogP contribution in [0.1, 0.15) is 31.9 Å². The van der Waals surface area contributed by atoms with Gasteiger partial charge in [0.2, 0.25) is 0 Å². The van der Waals surface area contributed by atoms with Crippen LogP contribution in [0, 0.1) is 0 Å². The van der Waals surface area contributed by atoms with Crippen LogP contribution in [0.2, 0.25) is 0 Å². The van der Waals surface area contributed by atoms with E-state index in [1.165, 1.54) is 5.56 Å². The van der Waals surface area contributed by atoms with E-state index in [9.17, 15) is 0 Å². The molecule has 2 rings (SSSR count). The number of likely N-dealkylation sites (N-methyl/N-ethyl adjacent to an activating group) is 2. The lowest BCUT2D eigenvalue weighted by molar-refractivity contribution is -0.0390. The lowest BCUT2D eigenvalue weighted by atomic mass is 10.00. The Bertz CT molecular complexity index is 408. The second-order valence-electron chi connectivity index (χ2n) is 5.62. The molecule has 1 fully saturated rings. The van der Waals surface area contributed by atoms with E-state index in [0.29, 0.717) is 0 Å². The summed E-state index contributed by atoms with van der Waals surface area (Å²) in [6.07, 6.45) is 1.23. The Morgan fingerprint density at radius 1 is 1.33 bits per heavy atom. The van der Waals surface area contributed by atoms with Crippen LogP contribution in [0.4, 0.5) is 0 Å². The lowest BCUT2D eigenvalue weighted by Crippen LogP contribution is -2.46. The first-order chi connectivity index (χ1) is 10.2. The molecule has 2 unspecified atom stereocenters. The molecule has 21 heavy (non-hydrogen) atoms. The summed E-state index contributed by atoms with van der Waals surface area (Å²) in [5.41, 5.74) is 1.26. The molecule has 4 heteroatoms. The summed E-state index contributed by atoms with van der Waals surface area (Å²) < 4.78 is 11.6. The van der Waals surface area contributed by atoms with Gasteiger partial charge in [-0.25, -0.2) is 0 Å². The first-order valence-corrected chi connectivity index (χ1v) is 8.00. The third-order valence-electron chi connectivity index (χ3n) is 3.80. The normalized spacial score (nSPS) is 21.2. The molecule has 4 nitrogen and oxygen atoms in total. The predicted octanol–water partition coefficient (Wildman–Crippen LogP) is 2.46.